The van der Waals surface area contributed by atoms with E-state index in [1.54, 1.807) is 35.2 Å². The minimum absolute atomic E-state index is 0.0303. The summed E-state index contributed by atoms with van der Waals surface area (Å²) in [6.45, 7) is 5.85. The molecule has 2 aromatic carbocycles. The Hall–Kier alpha value is -2.40. The number of hydrogen-bond donors (Lipinski definition) is 1. The molecule has 0 spiro atoms. The number of nitrogens with one attached hydrogen (secondary N) is 1. The van der Waals surface area contributed by atoms with Crippen molar-refractivity contribution < 1.29 is 14.0 Å². The lowest BCUT2D eigenvalue weighted by molar-refractivity contribution is -0.141. The first kappa shape index (κ1) is 21.9. The Bertz CT molecular complexity index is 808. The first-order valence-electron chi connectivity index (χ1n) is 9.39. The van der Waals surface area contributed by atoms with Gasteiger partial charge in [-0.1, -0.05) is 42.8 Å². The van der Waals surface area contributed by atoms with Gasteiger partial charge in [0.2, 0.25) is 11.8 Å². The predicted octanol–water partition coefficient (Wildman–Crippen LogP) is 4.35. The van der Waals surface area contributed by atoms with Crippen molar-refractivity contribution in [3.63, 3.8) is 0 Å². The van der Waals surface area contributed by atoms with E-state index in [9.17, 15) is 14.0 Å². The summed E-state index contributed by atoms with van der Waals surface area (Å²) in [5.74, 6) is -0.721. The summed E-state index contributed by atoms with van der Waals surface area (Å²) in [4.78, 5) is 27.4. The number of hydrogen-bond acceptors (Lipinski definition) is 2. The van der Waals surface area contributed by atoms with E-state index in [1.807, 2.05) is 26.8 Å². The number of halogens is 2. The van der Waals surface area contributed by atoms with Crippen molar-refractivity contribution in [2.75, 3.05) is 0 Å². The molecule has 0 saturated heterocycles. The van der Waals surface area contributed by atoms with Gasteiger partial charge in [0.15, 0.2) is 0 Å². The van der Waals surface area contributed by atoms with Crippen molar-refractivity contribution in [1.29, 1.82) is 0 Å². The van der Waals surface area contributed by atoms with E-state index in [1.165, 1.54) is 12.1 Å². The molecule has 0 heterocycles. The molecular weight excluding hydrogens is 379 g/mol. The second kappa shape index (κ2) is 10.2. The van der Waals surface area contributed by atoms with Crippen LogP contribution in [0.4, 0.5) is 4.39 Å². The van der Waals surface area contributed by atoms with Crippen LogP contribution in [0.5, 0.6) is 0 Å². The van der Waals surface area contributed by atoms with Gasteiger partial charge in [0, 0.05) is 17.6 Å². The van der Waals surface area contributed by atoms with Gasteiger partial charge in [0.05, 0.1) is 6.42 Å². The molecule has 0 bridgehead atoms. The molecule has 0 unspecified atom stereocenters. The molecule has 1 N–H and O–H groups in total. The Kier molecular flexibility index (Phi) is 8.00. The van der Waals surface area contributed by atoms with Crippen molar-refractivity contribution in [1.82, 2.24) is 10.2 Å². The van der Waals surface area contributed by atoms with E-state index in [0.717, 1.165) is 11.1 Å². The lowest BCUT2D eigenvalue weighted by Crippen LogP contribution is -2.50. The molecule has 0 aromatic heterocycles. The average Bonchev–Trinajstić information content (AvgIpc) is 2.62. The largest absolute Gasteiger partial charge is 0.352 e. The van der Waals surface area contributed by atoms with Crippen LogP contribution in [0.2, 0.25) is 5.02 Å². The molecule has 2 amide bonds. The van der Waals surface area contributed by atoms with Crippen molar-refractivity contribution >= 4 is 23.4 Å². The maximum Gasteiger partial charge on any atom is 0.243 e. The molecule has 0 aliphatic heterocycles. The first-order valence-corrected chi connectivity index (χ1v) is 9.76. The Labute approximate surface area is 170 Å². The van der Waals surface area contributed by atoms with Gasteiger partial charge in [0.1, 0.15) is 11.9 Å². The van der Waals surface area contributed by atoms with E-state index < -0.39 is 6.04 Å². The molecule has 0 fully saturated rings. The molecule has 28 heavy (non-hydrogen) atoms. The highest BCUT2D eigenvalue weighted by atomic mass is 35.5. The number of carbonyl (C=O) groups excluding carboxylic acids is 2. The molecule has 0 radical (unpaired) electrons. The Morgan fingerprint density at radius 1 is 1.11 bits per heavy atom. The predicted molar refractivity (Wildman–Crippen MR) is 109 cm³/mol. The highest BCUT2D eigenvalue weighted by Crippen LogP contribution is 2.17. The van der Waals surface area contributed by atoms with Crippen LogP contribution in [-0.2, 0) is 22.6 Å². The average molecular weight is 405 g/mol. The van der Waals surface area contributed by atoms with E-state index >= 15 is 0 Å². The van der Waals surface area contributed by atoms with Crippen LogP contribution in [0, 0.1) is 5.82 Å². The molecule has 1 atom stereocenters. The lowest BCUT2D eigenvalue weighted by Gasteiger charge is -2.31. The van der Waals surface area contributed by atoms with Crippen LogP contribution >= 0.6 is 11.6 Å². The van der Waals surface area contributed by atoms with Gasteiger partial charge in [-0.05, 0) is 55.7 Å². The van der Waals surface area contributed by atoms with E-state index in [2.05, 4.69) is 5.32 Å². The third-order valence-electron chi connectivity index (χ3n) is 4.33. The van der Waals surface area contributed by atoms with Crippen molar-refractivity contribution in [2.24, 2.45) is 0 Å². The summed E-state index contributed by atoms with van der Waals surface area (Å²) < 4.78 is 13.2. The Morgan fingerprint density at radius 3 is 2.36 bits per heavy atom. The van der Waals surface area contributed by atoms with Gasteiger partial charge in [-0.25, -0.2) is 4.39 Å². The summed E-state index contributed by atoms with van der Waals surface area (Å²) in [5, 5.41) is 3.44. The summed E-state index contributed by atoms with van der Waals surface area (Å²) in [5.41, 5.74) is 1.54. The van der Waals surface area contributed by atoms with E-state index in [-0.39, 0.29) is 36.6 Å². The third kappa shape index (κ3) is 6.34. The fraction of sp³-hybridized carbons (Fsp3) is 0.364. The molecule has 0 aliphatic carbocycles. The molecule has 150 valence electrons. The van der Waals surface area contributed by atoms with Crippen molar-refractivity contribution in [3.05, 3.63) is 70.5 Å². The second-order valence-electron chi connectivity index (χ2n) is 7.04. The topological polar surface area (TPSA) is 49.4 Å². The molecule has 0 saturated carbocycles. The Morgan fingerprint density at radius 2 is 1.79 bits per heavy atom. The fourth-order valence-corrected chi connectivity index (χ4v) is 3.22. The zero-order valence-electron chi connectivity index (χ0n) is 16.4. The standard InChI is InChI=1S/C22H26ClFN2O2/c1-4-20(22(28)25-15(2)3)26(14-16-8-10-19(24)11-9-16)21(27)13-17-6-5-7-18(23)12-17/h5-12,15,20H,4,13-14H2,1-3H3,(H,25,28)/t20-/m1/s1. The second-order valence-corrected chi connectivity index (χ2v) is 7.48. The van der Waals surface area contributed by atoms with Crippen LogP contribution < -0.4 is 5.32 Å². The molecule has 2 rings (SSSR count). The maximum atomic E-state index is 13.2. The van der Waals surface area contributed by atoms with Crippen LogP contribution in [0.25, 0.3) is 0 Å². The third-order valence-corrected chi connectivity index (χ3v) is 4.56. The number of rotatable bonds is 8. The van der Waals surface area contributed by atoms with Crippen LogP contribution in [0.3, 0.4) is 0 Å². The zero-order chi connectivity index (χ0) is 20.7. The summed E-state index contributed by atoms with van der Waals surface area (Å²) >= 11 is 6.03. The minimum Gasteiger partial charge on any atom is -0.352 e. The fourth-order valence-electron chi connectivity index (χ4n) is 3.01. The van der Waals surface area contributed by atoms with Crippen molar-refractivity contribution in [3.8, 4) is 0 Å². The highest BCUT2D eigenvalue weighted by molar-refractivity contribution is 6.30. The number of carbonyl (C=O) groups is 2. The van der Waals surface area contributed by atoms with E-state index in [4.69, 9.17) is 11.6 Å². The molecule has 0 aliphatic rings. The van der Waals surface area contributed by atoms with Crippen LogP contribution in [0.15, 0.2) is 48.5 Å². The maximum absolute atomic E-state index is 13.2. The van der Waals surface area contributed by atoms with E-state index in [0.29, 0.717) is 11.4 Å². The summed E-state index contributed by atoms with van der Waals surface area (Å²) in [7, 11) is 0. The van der Waals surface area contributed by atoms with Gasteiger partial charge in [-0.2, -0.15) is 0 Å². The van der Waals surface area contributed by atoms with Gasteiger partial charge >= 0.3 is 0 Å². The minimum atomic E-state index is -0.612. The van der Waals surface area contributed by atoms with Gasteiger partial charge in [0.25, 0.3) is 0 Å². The van der Waals surface area contributed by atoms with Gasteiger partial charge in [-0.3, -0.25) is 9.59 Å². The highest BCUT2D eigenvalue weighted by Gasteiger charge is 2.29. The summed E-state index contributed by atoms with van der Waals surface area (Å²) in [6.07, 6.45) is 0.605. The van der Waals surface area contributed by atoms with Gasteiger partial charge < -0.3 is 10.2 Å². The zero-order valence-corrected chi connectivity index (χ0v) is 17.2. The molecule has 6 heteroatoms. The number of amides is 2. The molecular formula is C22H26ClFN2O2. The summed E-state index contributed by atoms with van der Waals surface area (Å²) in [6, 6.07) is 12.4. The molecule has 4 nitrogen and oxygen atoms in total. The quantitative estimate of drug-likeness (QED) is 0.710. The van der Waals surface area contributed by atoms with Crippen LogP contribution in [-0.4, -0.2) is 28.8 Å². The lowest BCUT2D eigenvalue weighted by atomic mass is 10.1. The smallest absolute Gasteiger partial charge is 0.243 e. The number of nitrogens with zero attached hydrogens (tertiary/aromatic N) is 1. The van der Waals surface area contributed by atoms with Gasteiger partial charge in [-0.15, -0.1) is 0 Å². The number of benzene rings is 2. The van der Waals surface area contributed by atoms with Crippen molar-refractivity contribution in [2.45, 2.75) is 52.2 Å². The Balaban J connectivity index is 2.28. The van der Waals surface area contributed by atoms with Crippen LogP contribution in [0.1, 0.15) is 38.3 Å². The normalized spacial score (nSPS) is 11.9. The first-order chi connectivity index (χ1) is 13.3. The monoisotopic (exact) mass is 404 g/mol. The molecule has 2 aromatic rings. The SMILES string of the molecule is CC[C@H](C(=O)NC(C)C)N(Cc1ccc(F)cc1)C(=O)Cc1cccc(Cl)c1.